The van der Waals surface area contributed by atoms with Gasteiger partial charge in [-0.3, -0.25) is 10.1 Å². The van der Waals surface area contributed by atoms with Crippen LogP contribution in [0.1, 0.15) is 50.2 Å². The molecule has 9 heteroatoms. The van der Waals surface area contributed by atoms with Gasteiger partial charge in [0.05, 0.1) is 5.56 Å². The van der Waals surface area contributed by atoms with Crippen LogP contribution in [-0.4, -0.2) is 30.1 Å². The van der Waals surface area contributed by atoms with Crippen molar-refractivity contribution >= 4 is 24.0 Å². The summed E-state index contributed by atoms with van der Waals surface area (Å²) in [4.78, 5) is 35.6. The Labute approximate surface area is 166 Å². The molecule has 1 atom stereocenters. The van der Waals surface area contributed by atoms with Gasteiger partial charge in [-0.2, -0.15) is 13.2 Å². The van der Waals surface area contributed by atoms with Crippen LogP contribution in [0.5, 0.6) is 0 Å². The van der Waals surface area contributed by atoms with E-state index >= 15 is 0 Å². The molecule has 0 saturated heterocycles. The molecule has 0 bridgehead atoms. The van der Waals surface area contributed by atoms with Crippen LogP contribution in [0.4, 0.5) is 18.0 Å². The summed E-state index contributed by atoms with van der Waals surface area (Å²) in [5.41, 5.74) is -0.437. The summed E-state index contributed by atoms with van der Waals surface area (Å²) in [6.45, 7) is 1.31. The zero-order valence-corrected chi connectivity index (χ0v) is 15.9. The molecule has 0 spiro atoms. The molecule has 2 rings (SSSR count). The third-order valence-corrected chi connectivity index (χ3v) is 4.49. The van der Waals surface area contributed by atoms with Crippen LogP contribution in [0.3, 0.4) is 0 Å². The normalized spacial score (nSPS) is 16.3. The molecular formula is C20H23F3N2O4. The fraction of sp³-hybridized carbons (Fsp3) is 0.450. The molecule has 3 amide bonds. The van der Waals surface area contributed by atoms with Crippen molar-refractivity contribution in [2.75, 3.05) is 0 Å². The van der Waals surface area contributed by atoms with Gasteiger partial charge in [-0.15, -0.1) is 0 Å². The highest BCUT2D eigenvalue weighted by molar-refractivity contribution is 5.98. The number of nitrogens with one attached hydrogen (secondary N) is 2. The number of hydrogen-bond acceptors (Lipinski definition) is 4. The Morgan fingerprint density at radius 1 is 1.10 bits per heavy atom. The maximum Gasteiger partial charge on any atom is 0.416 e. The fourth-order valence-electron chi connectivity index (χ4n) is 2.90. The molecule has 0 unspecified atom stereocenters. The van der Waals surface area contributed by atoms with E-state index in [4.69, 9.17) is 4.74 Å². The van der Waals surface area contributed by atoms with E-state index in [0.717, 1.165) is 50.3 Å². The molecule has 1 aliphatic carbocycles. The third-order valence-electron chi connectivity index (χ3n) is 4.49. The molecule has 2 N–H and O–H groups in total. The Bertz CT molecular complexity index is 754. The second-order valence-corrected chi connectivity index (χ2v) is 6.83. The first-order valence-electron chi connectivity index (χ1n) is 9.32. The Kier molecular flexibility index (Phi) is 7.81. The van der Waals surface area contributed by atoms with E-state index in [9.17, 15) is 27.6 Å². The second kappa shape index (κ2) is 10.1. The van der Waals surface area contributed by atoms with Crippen LogP contribution in [0, 0.1) is 0 Å². The smallest absolute Gasteiger partial charge is 0.416 e. The van der Waals surface area contributed by atoms with Crippen LogP contribution in [0.25, 0.3) is 6.08 Å². The van der Waals surface area contributed by atoms with Crippen LogP contribution in [-0.2, 0) is 20.5 Å². The van der Waals surface area contributed by atoms with Crippen molar-refractivity contribution in [2.24, 2.45) is 0 Å². The van der Waals surface area contributed by atoms with E-state index in [2.05, 4.69) is 10.6 Å². The fourth-order valence-corrected chi connectivity index (χ4v) is 2.90. The minimum atomic E-state index is -4.44. The zero-order chi connectivity index (χ0) is 21.4. The van der Waals surface area contributed by atoms with Gasteiger partial charge in [0.25, 0.3) is 5.91 Å². The minimum absolute atomic E-state index is 0.0288. The van der Waals surface area contributed by atoms with Crippen molar-refractivity contribution in [3.63, 3.8) is 0 Å². The second-order valence-electron chi connectivity index (χ2n) is 6.83. The molecule has 0 aliphatic heterocycles. The van der Waals surface area contributed by atoms with E-state index in [1.807, 2.05) is 0 Å². The van der Waals surface area contributed by atoms with E-state index in [0.29, 0.717) is 5.56 Å². The molecule has 1 aromatic rings. The maximum absolute atomic E-state index is 12.5. The molecule has 0 heterocycles. The summed E-state index contributed by atoms with van der Waals surface area (Å²) in [7, 11) is 0. The predicted octanol–water partition coefficient (Wildman–Crippen LogP) is 3.81. The van der Waals surface area contributed by atoms with Crippen LogP contribution >= 0.6 is 0 Å². The molecule has 1 saturated carbocycles. The van der Waals surface area contributed by atoms with E-state index < -0.39 is 35.8 Å². The Morgan fingerprint density at radius 2 is 1.72 bits per heavy atom. The number of amides is 3. The molecule has 0 radical (unpaired) electrons. The molecule has 1 aliphatic rings. The first kappa shape index (κ1) is 22.4. The van der Waals surface area contributed by atoms with E-state index in [1.165, 1.54) is 25.1 Å². The molecule has 1 aromatic carbocycles. The monoisotopic (exact) mass is 412 g/mol. The summed E-state index contributed by atoms with van der Waals surface area (Å²) in [5, 5.41) is 4.84. The van der Waals surface area contributed by atoms with Gasteiger partial charge in [-0.25, -0.2) is 9.59 Å². The van der Waals surface area contributed by atoms with Crippen LogP contribution < -0.4 is 10.6 Å². The van der Waals surface area contributed by atoms with Gasteiger partial charge in [-0.1, -0.05) is 31.4 Å². The van der Waals surface area contributed by atoms with Crippen molar-refractivity contribution in [2.45, 2.75) is 57.3 Å². The average Bonchev–Trinajstić information content (AvgIpc) is 2.66. The van der Waals surface area contributed by atoms with Crippen molar-refractivity contribution in [1.29, 1.82) is 0 Å². The number of urea groups is 1. The lowest BCUT2D eigenvalue weighted by Gasteiger charge is -2.23. The summed E-state index contributed by atoms with van der Waals surface area (Å²) in [6, 6.07) is 3.60. The first-order valence-corrected chi connectivity index (χ1v) is 9.32. The lowest BCUT2D eigenvalue weighted by Crippen LogP contribution is -2.48. The Balaban J connectivity index is 1.79. The number of imide groups is 1. The van der Waals surface area contributed by atoms with E-state index in [-0.39, 0.29) is 6.04 Å². The quantitative estimate of drug-likeness (QED) is 0.569. The number of rotatable bonds is 5. The largest absolute Gasteiger partial charge is 0.449 e. The van der Waals surface area contributed by atoms with Gasteiger partial charge in [0.2, 0.25) is 0 Å². The number of carbonyl (C=O) groups is 3. The Hall–Kier alpha value is -2.84. The topological polar surface area (TPSA) is 84.5 Å². The molecule has 1 fully saturated rings. The van der Waals surface area contributed by atoms with Crippen molar-refractivity contribution in [1.82, 2.24) is 10.6 Å². The highest BCUT2D eigenvalue weighted by Gasteiger charge is 2.29. The van der Waals surface area contributed by atoms with E-state index in [1.54, 1.807) is 0 Å². The Morgan fingerprint density at radius 3 is 2.31 bits per heavy atom. The van der Waals surface area contributed by atoms with Crippen molar-refractivity contribution < 1.29 is 32.3 Å². The maximum atomic E-state index is 12.5. The number of halogens is 3. The minimum Gasteiger partial charge on any atom is -0.449 e. The standard InChI is InChI=1S/C20H23F3N2O4/c1-13(18(27)25-19(28)24-16-5-3-2-4-6-16)29-17(26)12-9-14-7-10-15(11-8-14)20(21,22)23/h7-13,16H,2-6H2,1H3,(H2,24,25,27,28)/b12-9+/t13-/m0/s1. The van der Waals surface area contributed by atoms with Crippen LogP contribution in [0.15, 0.2) is 30.3 Å². The summed E-state index contributed by atoms with van der Waals surface area (Å²) in [6.07, 6.45) is 1.52. The van der Waals surface area contributed by atoms with Crippen molar-refractivity contribution in [3.8, 4) is 0 Å². The van der Waals surface area contributed by atoms with Gasteiger partial charge in [-0.05, 0) is 43.5 Å². The molecule has 158 valence electrons. The molecule has 0 aromatic heterocycles. The SMILES string of the molecule is C[C@H](OC(=O)/C=C/c1ccc(C(F)(F)F)cc1)C(=O)NC(=O)NC1CCCCC1. The van der Waals surface area contributed by atoms with Gasteiger partial charge in [0.15, 0.2) is 6.10 Å². The molecule has 6 nitrogen and oxygen atoms in total. The third kappa shape index (κ3) is 7.59. The molecular weight excluding hydrogens is 389 g/mol. The van der Waals surface area contributed by atoms with Gasteiger partial charge in [0.1, 0.15) is 0 Å². The lowest BCUT2D eigenvalue weighted by molar-refractivity contribution is -0.149. The number of hydrogen-bond donors (Lipinski definition) is 2. The van der Waals surface area contributed by atoms with Gasteiger partial charge < -0.3 is 10.1 Å². The number of ether oxygens (including phenoxy) is 1. The predicted molar refractivity (Wildman–Crippen MR) is 99.6 cm³/mol. The average molecular weight is 412 g/mol. The van der Waals surface area contributed by atoms with Gasteiger partial charge >= 0.3 is 18.2 Å². The summed E-state index contributed by atoms with van der Waals surface area (Å²) in [5.74, 6) is -1.63. The van der Waals surface area contributed by atoms with Crippen LogP contribution in [0.2, 0.25) is 0 Å². The number of carbonyl (C=O) groups excluding carboxylic acids is 3. The highest BCUT2D eigenvalue weighted by atomic mass is 19.4. The first-order chi connectivity index (χ1) is 13.6. The number of benzene rings is 1. The van der Waals surface area contributed by atoms with Gasteiger partial charge in [0, 0.05) is 12.1 Å². The summed E-state index contributed by atoms with van der Waals surface area (Å²) >= 11 is 0. The summed E-state index contributed by atoms with van der Waals surface area (Å²) < 4.78 is 42.5. The highest BCUT2D eigenvalue weighted by Crippen LogP contribution is 2.29. The zero-order valence-electron chi connectivity index (χ0n) is 15.9. The van der Waals surface area contributed by atoms with Crippen molar-refractivity contribution in [3.05, 3.63) is 41.5 Å². The molecule has 29 heavy (non-hydrogen) atoms. The lowest BCUT2D eigenvalue weighted by atomic mass is 9.96. The number of alkyl halides is 3. The number of esters is 1.